The number of likely N-dealkylation sites (N-methyl/N-ethyl adjacent to an activating group) is 2. The summed E-state index contributed by atoms with van der Waals surface area (Å²) >= 11 is 0. The van der Waals surface area contributed by atoms with Crippen molar-refractivity contribution < 1.29 is 14.3 Å². The van der Waals surface area contributed by atoms with Crippen molar-refractivity contribution in [2.45, 2.75) is 45.7 Å². The lowest BCUT2D eigenvalue weighted by Gasteiger charge is -2.23. The van der Waals surface area contributed by atoms with Crippen molar-refractivity contribution in [1.29, 1.82) is 0 Å². The number of ether oxygens (including phenoxy) is 1. The molecule has 2 heterocycles. The van der Waals surface area contributed by atoms with Gasteiger partial charge in [0.1, 0.15) is 11.9 Å². The summed E-state index contributed by atoms with van der Waals surface area (Å²) < 4.78 is 7.09. The number of amides is 2. The maximum absolute atomic E-state index is 12.5. The Balaban J connectivity index is 1.54. The number of benzene rings is 1. The average molecular weight is 604 g/mol. The molecule has 0 spiro atoms. The maximum Gasteiger partial charge on any atom is 0.246 e. The van der Waals surface area contributed by atoms with E-state index < -0.39 is 6.04 Å². The lowest BCUT2D eigenvalue weighted by molar-refractivity contribution is -0.135. The first-order chi connectivity index (χ1) is 21.2. The molecule has 0 aliphatic carbocycles. The van der Waals surface area contributed by atoms with E-state index in [0.717, 1.165) is 29.6 Å². The highest BCUT2D eigenvalue weighted by atomic mass is 16.5. The number of anilines is 3. The predicted molar refractivity (Wildman–Crippen MR) is 175 cm³/mol. The molecule has 1 aromatic carbocycles. The van der Waals surface area contributed by atoms with Crippen LogP contribution in [-0.2, 0) is 20.9 Å². The summed E-state index contributed by atoms with van der Waals surface area (Å²) in [7, 11) is 7.16. The second-order valence-corrected chi connectivity index (χ2v) is 10.6. The third kappa shape index (κ3) is 10.4. The van der Waals surface area contributed by atoms with Crippen molar-refractivity contribution in [2.24, 2.45) is 0 Å². The summed E-state index contributed by atoms with van der Waals surface area (Å²) in [5.41, 5.74) is 2.60. The molecule has 2 aromatic heterocycles. The molecular weight excluding hydrogens is 558 g/mol. The van der Waals surface area contributed by atoms with Gasteiger partial charge in [-0.3, -0.25) is 14.3 Å². The van der Waals surface area contributed by atoms with Gasteiger partial charge in [0.05, 0.1) is 36.6 Å². The van der Waals surface area contributed by atoms with Crippen LogP contribution in [0.25, 0.3) is 10.9 Å². The fourth-order valence-corrected chi connectivity index (χ4v) is 4.10. The highest BCUT2D eigenvalue weighted by Gasteiger charge is 2.20. The smallest absolute Gasteiger partial charge is 0.246 e. The lowest BCUT2D eigenvalue weighted by atomic mass is 10.2. The normalized spacial score (nSPS) is 11.8. The average Bonchev–Trinajstić information content (AvgIpc) is 3.42. The third-order valence-corrected chi connectivity index (χ3v) is 6.78. The van der Waals surface area contributed by atoms with Crippen LogP contribution >= 0.6 is 0 Å². The van der Waals surface area contributed by atoms with Gasteiger partial charge in [-0.1, -0.05) is 24.8 Å². The minimum atomic E-state index is -0.574. The Hall–Kier alpha value is -4.47. The largest absolute Gasteiger partial charge is 0.383 e. The van der Waals surface area contributed by atoms with Crippen LogP contribution < -0.4 is 16.0 Å². The summed E-state index contributed by atoms with van der Waals surface area (Å²) in [5.74, 6) is 7.06. The van der Waals surface area contributed by atoms with Gasteiger partial charge in [0, 0.05) is 57.4 Å². The Morgan fingerprint density at radius 2 is 2.00 bits per heavy atom. The molecule has 0 aliphatic rings. The van der Waals surface area contributed by atoms with Gasteiger partial charge in [-0.25, -0.2) is 4.98 Å². The van der Waals surface area contributed by atoms with Crippen LogP contribution in [-0.4, -0.2) is 102 Å². The molecule has 3 N–H and O–H groups in total. The summed E-state index contributed by atoms with van der Waals surface area (Å²) in [6.45, 7) is 6.97. The van der Waals surface area contributed by atoms with Crippen molar-refractivity contribution in [2.75, 3.05) is 65.1 Å². The molecule has 1 atom stereocenters. The van der Waals surface area contributed by atoms with E-state index in [2.05, 4.69) is 49.8 Å². The fourth-order valence-electron chi connectivity index (χ4n) is 4.10. The monoisotopic (exact) mass is 603 g/mol. The highest BCUT2D eigenvalue weighted by Crippen LogP contribution is 2.22. The first-order valence-corrected chi connectivity index (χ1v) is 14.9. The van der Waals surface area contributed by atoms with Crippen LogP contribution in [0.5, 0.6) is 0 Å². The number of methoxy groups -OCH3 is 1. The van der Waals surface area contributed by atoms with E-state index >= 15 is 0 Å². The van der Waals surface area contributed by atoms with Crippen molar-refractivity contribution in [1.82, 2.24) is 34.9 Å². The second-order valence-electron chi connectivity index (χ2n) is 10.6. The quantitative estimate of drug-likeness (QED) is 0.128. The van der Waals surface area contributed by atoms with Crippen LogP contribution in [0.4, 0.5) is 17.5 Å². The molecule has 3 rings (SSSR count). The zero-order valence-electron chi connectivity index (χ0n) is 26.7. The summed E-state index contributed by atoms with van der Waals surface area (Å²) in [6.07, 6.45) is 9.02. The Kier molecular flexibility index (Phi) is 13.6. The molecule has 2 amide bonds. The van der Waals surface area contributed by atoms with Gasteiger partial charge in [-0.15, -0.1) is 0 Å². The molecule has 0 radical (unpaired) electrons. The molecule has 12 heteroatoms. The Bertz CT molecular complexity index is 1470. The van der Waals surface area contributed by atoms with E-state index in [9.17, 15) is 9.59 Å². The second kappa shape index (κ2) is 17.6. The minimum Gasteiger partial charge on any atom is -0.383 e. The van der Waals surface area contributed by atoms with Gasteiger partial charge in [-0.2, -0.15) is 10.1 Å². The third-order valence-electron chi connectivity index (χ3n) is 6.78. The van der Waals surface area contributed by atoms with Gasteiger partial charge in [0.25, 0.3) is 0 Å². The van der Waals surface area contributed by atoms with Crippen LogP contribution in [0.15, 0.2) is 42.7 Å². The molecule has 236 valence electrons. The molecule has 0 fully saturated rings. The highest BCUT2D eigenvalue weighted by molar-refractivity contribution is 5.92. The van der Waals surface area contributed by atoms with Gasteiger partial charge in [0.2, 0.25) is 17.8 Å². The van der Waals surface area contributed by atoms with E-state index in [0.29, 0.717) is 56.4 Å². The van der Waals surface area contributed by atoms with E-state index in [1.54, 1.807) is 33.4 Å². The van der Waals surface area contributed by atoms with Gasteiger partial charge in [0.15, 0.2) is 0 Å². The predicted octanol–water partition coefficient (Wildman–Crippen LogP) is 3.25. The van der Waals surface area contributed by atoms with E-state index in [-0.39, 0.29) is 11.8 Å². The first kappa shape index (κ1) is 34.0. The molecule has 12 nitrogen and oxygen atoms in total. The number of nitrogens with zero attached hydrogens (tertiary/aromatic N) is 6. The van der Waals surface area contributed by atoms with Crippen molar-refractivity contribution in [3.63, 3.8) is 0 Å². The molecule has 44 heavy (non-hydrogen) atoms. The van der Waals surface area contributed by atoms with Crippen molar-refractivity contribution >= 4 is 40.2 Å². The zero-order valence-corrected chi connectivity index (χ0v) is 26.7. The number of unbranched alkanes of at least 4 members (excludes halogenated alkanes) is 1. The number of rotatable bonds is 16. The van der Waals surface area contributed by atoms with Crippen LogP contribution in [0.1, 0.15) is 38.7 Å². The van der Waals surface area contributed by atoms with Crippen LogP contribution in [0.3, 0.4) is 0 Å². The standard InChI is InChI=1S/C32H45N9O3/c1-7-16-33-30-25(12-9-8-10-17-34-31(43)24(2)40(5)29(42)13-11-18-39(3)4)22-35-32(38-30)37-27-14-15-28-26(21-27)23-36-41(28)19-20-44-6/h11,13-15,21-24H,7-8,10,16-20H2,1-6H3,(H,34,43)(H2,33,35,37,38)/t24-/m0/s1. The topological polar surface area (TPSA) is 130 Å². The van der Waals surface area contributed by atoms with Gasteiger partial charge in [-0.05, 0) is 52.1 Å². The lowest BCUT2D eigenvalue weighted by Crippen LogP contribution is -2.45. The zero-order chi connectivity index (χ0) is 31.9. The van der Waals surface area contributed by atoms with Crippen molar-refractivity contribution in [3.05, 3.63) is 48.3 Å². The van der Waals surface area contributed by atoms with Gasteiger partial charge < -0.3 is 30.5 Å². The number of nitrogens with one attached hydrogen (secondary N) is 3. The molecule has 0 bridgehead atoms. The Morgan fingerprint density at radius 3 is 2.75 bits per heavy atom. The minimum absolute atomic E-state index is 0.198. The SMILES string of the molecule is CCCNc1nc(Nc2ccc3c(cnn3CCOC)c2)ncc1C#CCCCNC(=O)[C@H](C)N(C)C(=O)C=CCN(C)C. The Labute approximate surface area is 260 Å². The van der Waals surface area contributed by atoms with E-state index in [4.69, 9.17) is 4.74 Å². The molecule has 0 saturated heterocycles. The van der Waals surface area contributed by atoms with Crippen molar-refractivity contribution in [3.8, 4) is 11.8 Å². The summed E-state index contributed by atoms with van der Waals surface area (Å²) in [5, 5.41) is 15.0. The molecule has 0 unspecified atom stereocenters. The van der Waals surface area contributed by atoms with Crippen LogP contribution in [0.2, 0.25) is 0 Å². The summed E-state index contributed by atoms with van der Waals surface area (Å²) in [6, 6.07) is 5.43. The number of fused-ring (bicyclic) bond motifs is 1. The van der Waals surface area contributed by atoms with Crippen LogP contribution in [0, 0.1) is 11.8 Å². The van der Waals surface area contributed by atoms with E-state index in [1.807, 2.05) is 48.1 Å². The number of hydrogen-bond donors (Lipinski definition) is 3. The number of carbonyl (C=O) groups excluding carboxylic acids is 2. The first-order valence-electron chi connectivity index (χ1n) is 14.9. The fraction of sp³-hybridized carbons (Fsp3) is 0.469. The molecule has 3 aromatic rings. The number of aromatic nitrogens is 4. The van der Waals surface area contributed by atoms with Gasteiger partial charge >= 0.3 is 0 Å². The maximum atomic E-state index is 12.5. The molecular formula is C32H45N9O3. The number of hydrogen-bond acceptors (Lipinski definition) is 9. The molecule has 0 aliphatic heterocycles. The summed E-state index contributed by atoms with van der Waals surface area (Å²) in [4.78, 5) is 37.4. The van der Waals surface area contributed by atoms with E-state index in [1.165, 1.54) is 11.0 Å². The molecule has 0 saturated carbocycles. The number of carbonyl (C=O) groups is 2. The Morgan fingerprint density at radius 1 is 1.18 bits per heavy atom.